The predicted octanol–water partition coefficient (Wildman–Crippen LogP) is 2.45. The fourth-order valence-corrected chi connectivity index (χ4v) is 3.83. The lowest BCUT2D eigenvalue weighted by Gasteiger charge is -2.21. The Hall–Kier alpha value is -3.65. The number of hydrogen-bond donors (Lipinski definition) is 1. The first-order valence-electron chi connectivity index (χ1n) is 10.9. The summed E-state index contributed by atoms with van der Waals surface area (Å²) >= 11 is 0. The SMILES string of the molecule is Cc1onc(C(=O)N2CC(=O)N(CCc3ccccc3)CC(O)C2)c1COc1ccccc1. The Kier molecular flexibility index (Phi) is 7.04. The van der Waals surface area contributed by atoms with Gasteiger partial charge >= 0.3 is 0 Å². The van der Waals surface area contributed by atoms with Crippen LogP contribution in [-0.2, 0) is 17.8 Å². The first kappa shape index (κ1) is 22.5. The number of aromatic nitrogens is 1. The standard InChI is InChI=1S/C25H27N3O5/c1-18-22(17-32-21-10-6-3-7-11-21)24(26-33-18)25(31)28-15-20(29)14-27(23(30)16-28)13-12-19-8-4-2-5-9-19/h2-11,20,29H,12-17H2,1H3. The van der Waals surface area contributed by atoms with E-state index >= 15 is 0 Å². The van der Waals surface area contributed by atoms with Crippen molar-refractivity contribution in [2.45, 2.75) is 26.1 Å². The summed E-state index contributed by atoms with van der Waals surface area (Å²) < 4.78 is 11.0. The quantitative estimate of drug-likeness (QED) is 0.595. The molecule has 3 aromatic rings. The van der Waals surface area contributed by atoms with Crippen molar-refractivity contribution >= 4 is 11.8 Å². The van der Waals surface area contributed by atoms with E-state index in [4.69, 9.17) is 9.26 Å². The lowest BCUT2D eigenvalue weighted by molar-refractivity contribution is -0.131. The number of carbonyl (C=O) groups excluding carboxylic acids is 2. The first-order valence-corrected chi connectivity index (χ1v) is 10.9. The van der Waals surface area contributed by atoms with Gasteiger partial charge in [0, 0.05) is 19.6 Å². The summed E-state index contributed by atoms with van der Waals surface area (Å²) in [5.41, 5.74) is 1.73. The number of para-hydroxylation sites is 1. The van der Waals surface area contributed by atoms with Gasteiger partial charge in [-0.1, -0.05) is 53.7 Å². The zero-order valence-corrected chi connectivity index (χ0v) is 18.5. The molecule has 2 amide bonds. The summed E-state index contributed by atoms with van der Waals surface area (Å²) in [6.07, 6.45) is -0.176. The van der Waals surface area contributed by atoms with Gasteiger partial charge in [-0.2, -0.15) is 0 Å². The zero-order valence-electron chi connectivity index (χ0n) is 18.5. The molecule has 2 aromatic carbocycles. The van der Waals surface area contributed by atoms with E-state index < -0.39 is 12.0 Å². The van der Waals surface area contributed by atoms with E-state index in [1.807, 2.05) is 60.7 Å². The summed E-state index contributed by atoms with van der Waals surface area (Å²) in [4.78, 5) is 29.1. The van der Waals surface area contributed by atoms with Crippen LogP contribution in [0.3, 0.4) is 0 Å². The van der Waals surface area contributed by atoms with Crippen LogP contribution in [0.4, 0.5) is 0 Å². The topological polar surface area (TPSA) is 96.1 Å². The molecule has 2 heterocycles. The summed E-state index contributed by atoms with van der Waals surface area (Å²) in [5.74, 6) is 0.459. The second-order valence-corrected chi connectivity index (χ2v) is 8.08. The lowest BCUT2D eigenvalue weighted by Crippen LogP contribution is -2.40. The molecule has 1 N–H and O–H groups in total. The normalized spacial score (nSPS) is 16.5. The Balaban J connectivity index is 1.43. The van der Waals surface area contributed by atoms with Crippen LogP contribution in [-0.4, -0.2) is 64.2 Å². The van der Waals surface area contributed by atoms with Crippen molar-refractivity contribution in [1.29, 1.82) is 0 Å². The summed E-state index contributed by atoms with van der Waals surface area (Å²) in [6.45, 7) is 2.38. The molecule has 1 aliphatic heterocycles. The van der Waals surface area contributed by atoms with Crippen LogP contribution >= 0.6 is 0 Å². The molecule has 1 atom stereocenters. The third kappa shape index (κ3) is 5.59. The molecule has 0 aliphatic carbocycles. The van der Waals surface area contributed by atoms with Gasteiger partial charge in [-0.05, 0) is 31.0 Å². The minimum absolute atomic E-state index is 0.0390. The molecule has 8 nitrogen and oxygen atoms in total. The maximum Gasteiger partial charge on any atom is 0.277 e. The Labute approximate surface area is 192 Å². The summed E-state index contributed by atoms with van der Waals surface area (Å²) in [5, 5.41) is 14.4. The van der Waals surface area contributed by atoms with Gasteiger partial charge in [0.25, 0.3) is 5.91 Å². The van der Waals surface area contributed by atoms with Crippen LogP contribution < -0.4 is 4.74 Å². The highest BCUT2D eigenvalue weighted by atomic mass is 16.5. The summed E-state index contributed by atoms with van der Waals surface area (Å²) in [7, 11) is 0. The smallest absolute Gasteiger partial charge is 0.277 e. The van der Waals surface area contributed by atoms with E-state index in [1.165, 1.54) is 4.90 Å². The van der Waals surface area contributed by atoms with Gasteiger partial charge in [-0.3, -0.25) is 9.59 Å². The number of nitrogens with zero attached hydrogens (tertiary/aromatic N) is 3. The number of ether oxygens (including phenoxy) is 1. The van der Waals surface area contributed by atoms with Crippen molar-refractivity contribution in [2.24, 2.45) is 0 Å². The van der Waals surface area contributed by atoms with Gasteiger partial charge in [-0.25, -0.2) is 0 Å². The number of aliphatic hydroxyl groups is 1. The highest BCUT2D eigenvalue weighted by Crippen LogP contribution is 2.20. The molecule has 0 saturated carbocycles. The maximum atomic E-state index is 13.2. The van der Waals surface area contributed by atoms with Crippen molar-refractivity contribution in [3.8, 4) is 5.75 Å². The van der Waals surface area contributed by atoms with Gasteiger partial charge in [-0.15, -0.1) is 0 Å². The first-order chi connectivity index (χ1) is 16.0. The second kappa shape index (κ2) is 10.3. The van der Waals surface area contributed by atoms with Crippen LogP contribution in [0, 0.1) is 6.92 Å². The Morgan fingerprint density at radius 2 is 1.82 bits per heavy atom. The molecule has 0 radical (unpaired) electrons. The molecule has 1 aromatic heterocycles. The molecule has 1 saturated heterocycles. The molecule has 33 heavy (non-hydrogen) atoms. The monoisotopic (exact) mass is 449 g/mol. The summed E-state index contributed by atoms with van der Waals surface area (Å²) in [6, 6.07) is 19.1. The number of hydrogen-bond acceptors (Lipinski definition) is 6. The molecule has 4 rings (SSSR count). The van der Waals surface area contributed by atoms with Crippen LogP contribution in [0.5, 0.6) is 5.75 Å². The highest BCUT2D eigenvalue weighted by molar-refractivity contribution is 5.96. The third-order valence-corrected chi connectivity index (χ3v) is 5.66. The van der Waals surface area contributed by atoms with Crippen molar-refractivity contribution in [3.63, 3.8) is 0 Å². The zero-order chi connectivity index (χ0) is 23.2. The fourth-order valence-electron chi connectivity index (χ4n) is 3.83. The lowest BCUT2D eigenvalue weighted by atomic mass is 10.1. The van der Waals surface area contributed by atoms with Crippen molar-refractivity contribution < 1.29 is 24.0 Å². The fraction of sp³-hybridized carbons (Fsp3) is 0.320. The third-order valence-electron chi connectivity index (χ3n) is 5.66. The molecule has 1 unspecified atom stereocenters. The van der Waals surface area contributed by atoms with Crippen LogP contribution in [0.2, 0.25) is 0 Å². The van der Waals surface area contributed by atoms with Crippen molar-refractivity contribution in [3.05, 3.63) is 83.2 Å². The number of β-amino-alcohol motifs (C(OH)–C–C–N with tert-alkyl or cyclic N) is 1. The van der Waals surface area contributed by atoms with E-state index in [0.29, 0.717) is 30.0 Å². The Morgan fingerprint density at radius 3 is 2.55 bits per heavy atom. The van der Waals surface area contributed by atoms with Gasteiger partial charge in [0.05, 0.1) is 11.7 Å². The Morgan fingerprint density at radius 1 is 1.12 bits per heavy atom. The molecular formula is C25H27N3O5. The molecule has 0 bridgehead atoms. The second-order valence-electron chi connectivity index (χ2n) is 8.08. The van der Waals surface area contributed by atoms with Crippen LogP contribution in [0.15, 0.2) is 65.2 Å². The molecule has 1 aliphatic rings. The molecule has 8 heteroatoms. The van der Waals surface area contributed by atoms with Gasteiger partial charge in [0.1, 0.15) is 24.7 Å². The van der Waals surface area contributed by atoms with E-state index in [9.17, 15) is 14.7 Å². The number of aryl methyl sites for hydroxylation is 1. The molecular weight excluding hydrogens is 422 g/mol. The number of benzene rings is 2. The van der Waals surface area contributed by atoms with Gasteiger partial charge in [0.15, 0.2) is 5.69 Å². The van der Waals surface area contributed by atoms with Crippen LogP contribution in [0.25, 0.3) is 0 Å². The highest BCUT2D eigenvalue weighted by Gasteiger charge is 2.32. The maximum absolute atomic E-state index is 13.2. The van der Waals surface area contributed by atoms with Crippen molar-refractivity contribution in [1.82, 2.24) is 15.0 Å². The molecule has 172 valence electrons. The molecule has 0 spiro atoms. The average Bonchev–Trinajstić information content (AvgIpc) is 3.13. The van der Waals surface area contributed by atoms with Gasteiger partial charge < -0.3 is 24.2 Å². The van der Waals surface area contributed by atoms with E-state index in [1.54, 1.807) is 11.8 Å². The average molecular weight is 450 g/mol. The van der Waals surface area contributed by atoms with E-state index in [0.717, 1.165) is 5.56 Å². The molecule has 1 fully saturated rings. The number of carbonyl (C=O) groups is 2. The van der Waals surface area contributed by atoms with Gasteiger partial charge in [0.2, 0.25) is 5.91 Å². The van der Waals surface area contributed by atoms with E-state index in [-0.39, 0.29) is 37.8 Å². The minimum atomic E-state index is -0.854. The van der Waals surface area contributed by atoms with Crippen molar-refractivity contribution in [2.75, 3.05) is 26.2 Å². The number of amides is 2. The van der Waals surface area contributed by atoms with Crippen LogP contribution in [0.1, 0.15) is 27.4 Å². The van der Waals surface area contributed by atoms with E-state index in [2.05, 4.69) is 5.16 Å². The minimum Gasteiger partial charge on any atom is -0.489 e. The number of aliphatic hydroxyl groups excluding tert-OH is 1. The largest absolute Gasteiger partial charge is 0.489 e. The Bertz CT molecular complexity index is 1080. The predicted molar refractivity (Wildman–Crippen MR) is 121 cm³/mol. The number of rotatable bonds is 7.